The van der Waals surface area contributed by atoms with E-state index in [4.69, 9.17) is 4.74 Å². The van der Waals surface area contributed by atoms with Crippen molar-refractivity contribution in [2.45, 2.75) is 12.8 Å². The minimum Gasteiger partial charge on any atom is -0.452 e. The van der Waals surface area contributed by atoms with Crippen molar-refractivity contribution in [1.29, 1.82) is 0 Å². The van der Waals surface area contributed by atoms with Crippen molar-refractivity contribution in [2.75, 3.05) is 32.1 Å². The van der Waals surface area contributed by atoms with E-state index in [2.05, 4.69) is 0 Å². The zero-order chi connectivity index (χ0) is 15.4. The molecule has 1 aromatic carbocycles. The maximum absolute atomic E-state index is 11.8. The highest BCUT2D eigenvalue weighted by Gasteiger charge is 2.27. The Hall–Kier alpha value is -2.37. The van der Waals surface area contributed by atoms with Gasteiger partial charge in [0.05, 0.1) is 5.56 Å². The van der Waals surface area contributed by atoms with Crippen LogP contribution in [0.1, 0.15) is 23.2 Å². The van der Waals surface area contributed by atoms with Crippen LogP contribution in [0.3, 0.4) is 0 Å². The van der Waals surface area contributed by atoms with Crippen LogP contribution in [0.2, 0.25) is 0 Å². The fourth-order valence-corrected chi connectivity index (χ4v) is 2.10. The number of benzene rings is 1. The van der Waals surface area contributed by atoms with Gasteiger partial charge in [0, 0.05) is 32.7 Å². The molecule has 2 rings (SSSR count). The van der Waals surface area contributed by atoms with Gasteiger partial charge in [-0.1, -0.05) is 0 Å². The lowest BCUT2D eigenvalue weighted by Gasteiger charge is -2.14. The molecule has 112 valence electrons. The van der Waals surface area contributed by atoms with Crippen molar-refractivity contribution in [3.05, 3.63) is 29.8 Å². The molecule has 0 spiro atoms. The molecule has 1 saturated heterocycles. The minimum absolute atomic E-state index is 0.202. The number of nitrogens with zero attached hydrogens (tertiary/aromatic N) is 2. The van der Waals surface area contributed by atoms with E-state index < -0.39 is 18.5 Å². The molecule has 21 heavy (non-hydrogen) atoms. The number of imide groups is 1. The van der Waals surface area contributed by atoms with E-state index in [1.165, 1.54) is 0 Å². The molecule has 1 heterocycles. The third kappa shape index (κ3) is 3.59. The van der Waals surface area contributed by atoms with E-state index in [1.54, 1.807) is 24.3 Å². The van der Waals surface area contributed by atoms with Gasteiger partial charge in [-0.2, -0.15) is 0 Å². The third-order valence-corrected chi connectivity index (χ3v) is 3.32. The van der Waals surface area contributed by atoms with Crippen molar-refractivity contribution in [3.63, 3.8) is 0 Å². The summed E-state index contributed by atoms with van der Waals surface area (Å²) in [6, 6.07) is 6.87. The Labute approximate surface area is 123 Å². The topological polar surface area (TPSA) is 66.9 Å². The first-order valence-electron chi connectivity index (χ1n) is 6.77. The van der Waals surface area contributed by atoms with Gasteiger partial charge in [-0.15, -0.1) is 0 Å². The van der Waals surface area contributed by atoms with Gasteiger partial charge < -0.3 is 9.64 Å². The summed E-state index contributed by atoms with van der Waals surface area (Å²) in [5.74, 6) is -1.23. The molecule has 0 N–H and O–H groups in total. The van der Waals surface area contributed by atoms with Crippen LogP contribution in [0.4, 0.5) is 5.69 Å². The summed E-state index contributed by atoms with van der Waals surface area (Å²) in [7, 11) is 3.80. The molecular weight excluding hydrogens is 272 g/mol. The van der Waals surface area contributed by atoms with Gasteiger partial charge in [0.1, 0.15) is 0 Å². The number of amides is 2. The highest BCUT2D eigenvalue weighted by molar-refractivity contribution is 5.98. The predicted molar refractivity (Wildman–Crippen MR) is 77.0 cm³/mol. The number of hydrogen-bond donors (Lipinski definition) is 0. The summed E-state index contributed by atoms with van der Waals surface area (Å²) in [5, 5.41) is 0. The highest BCUT2D eigenvalue weighted by atomic mass is 16.5. The number of ether oxygens (including phenoxy) is 1. The second-order valence-corrected chi connectivity index (χ2v) is 5.06. The molecular formula is C15H18N2O4. The Morgan fingerprint density at radius 3 is 2.43 bits per heavy atom. The van der Waals surface area contributed by atoms with Crippen molar-refractivity contribution < 1.29 is 19.1 Å². The van der Waals surface area contributed by atoms with Crippen LogP contribution in [0, 0.1) is 0 Å². The van der Waals surface area contributed by atoms with E-state index in [0.717, 1.165) is 10.6 Å². The molecule has 0 aliphatic carbocycles. The van der Waals surface area contributed by atoms with Crippen molar-refractivity contribution in [3.8, 4) is 0 Å². The van der Waals surface area contributed by atoms with Crippen LogP contribution < -0.4 is 4.90 Å². The van der Waals surface area contributed by atoms with Gasteiger partial charge in [0.15, 0.2) is 6.61 Å². The Morgan fingerprint density at radius 1 is 1.24 bits per heavy atom. The van der Waals surface area contributed by atoms with Gasteiger partial charge in [0.2, 0.25) is 5.91 Å². The Balaban J connectivity index is 1.89. The average molecular weight is 290 g/mol. The average Bonchev–Trinajstić information content (AvgIpc) is 2.90. The van der Waals surface area contributed by atoms with Crippen molar-refractivity contribution in [2.24, 2.45) is 0 Å². The van der Waals surface area contributed by atoms with Gasteiger partial charge in [0.25, 0.3) is 5.91 Å². The maximum atomic E-state index is 11.8. The lowest BCUT2D eigenvalue weighted by atomic mass is 10.2. The largest absolute Gasteiger partial charge is 0.452 e. The number of carbonyl (C=O) groups is 3. The Morgan fingerprint density at radius 2 is 1.90 bits per heavy atom. The van der Waals surface area contributed by atoms with Crippen LogP contribution in [-0.2, 0) is 14.3 Å². The molecule has 6 heteroatoms. The predicted octanol–water partition coefficient (Wildman–Crippen LogP) is 1.06. The number of likely N-dealkylation sites (tertiary alicyclic amines) is 1. The molecule has 0 radical (unpaired) electrons. The standard InChI is InChI=1S/C15H18N2O4/c1-16(2)12-7-5-11(6-8-12)15(20)21-10-14(19)17-9-3-4-13(17)18/h5-8H,3-4,9-10H2,1-2H3. The van der Waals surface area contributed by atoms with Crippen molar-refractivity contribution >= 4 is 23.5 Å². The summed E-state index contributed by atoms with van der Waals surface area (Å²) in [6.07, 6.45) is 1.05. The van der Waals surface area contributed by atoms with Crippen LogP contribution in [0.15, 0.2) is 24.3 Å². The maximum Gasteiger partial charge on any atom is 0.338 e. The molecule has 1 fully saturated rings. The molecule has 0 unspecified atom stereocenters. The molecule has 1 aromatic rings. The van der Waals surface area contributed by atoms with Crippen LogP contribution in [0.5, 0.6) is 0 Å². The third-order valence-electron chi connectivity index (χ3n) is 3.32. The summed E-state index contributed by atoms with van der Waals surface area (Å²) in [6.45, 7) is 0.00670. The molecule has 1 aliphatic rings. The highest BCUT2D eigenvalue weighted by Crippen LogP contribution is 2.13. The summed E-state index contributed by atoms with van der Waals surface area (Å²) < 4.78 is 4.95. The normalized spacial score (nSPS) is 14.2. The lowest BCUT2D eigenvalue weighted by Crippen LogP contribution is -2.35. The zero-order valence-corrected chi connectivity index (χ0v) is 12.2. The molecule has 6 nitrogen and oxygen atoms in total. The fraction of sp³-hybridized carbons (Fsp3) is 0.400. The van der Waals surface area contributed by atoms with Crippen LogP contribution >= 0.6 is 0 Å². The number of anilines is 1. The van der Waals surface area contributed by atoms with Gasteiger partial charge in [-0.25, -0.2) is 4.79 Å². The van der Waals surface area contributed by atoms with Crippen molar-refractivity contribution in [1.82, 2.24) is 4.90 Å². The summed E-state index contributed by atoms with van der Waals surface area (Å²) >= 11 is 0. The molecule has 1 aliphatic heterocycles. The summed E-state index contributed by atoms with van der Waals surface area (Å²) in [5.41, 5.74) is 1.34. The Bertz CT molecular complexity index is 551. The van der Waals surface area contributed by atoms with Crippen LogP contribution in [0.25, 0.3) is 0 Å². The monoisotopic (exact) mass is 290 g/mol. The summed E-state index contributed by atoms with van der Waals surface area (Å²) in [4.78, 5) is 38.0. The molecule has 0 saturated carbocycles. The number of esters is 1. The van der Waals surface area contributed by atoms with Gasteiger partial charge in [-0.05, 0) is 30.7 Å². The molecule has 0 aromatic heterocycles. The first-order chi connectivity index (χ1) is 9.99. The zero-order valence-electron chi connectivity index (χ0n) is 12.2. The first-order valence-corrected chi connectivity index (χ1v) is 6.77. The number of rotatable bonds is 4. The first kappa shape index (κ1) is 15.0. The van der Waals surface area contributed by atoms with E-state index in [9.17, 15) is 14.4 Å². The molecule has 0 atom stereocenters. The van der Waals surface area contributed by atoms with E-state index >= 15 is 0 Å². The van der Waals surface area contributed by atoms with Crippen LogP contribution in [-0.4, -0.2) is 49.9 Å². The van der Waals surface area contributed by atoms with Gasteiger partial charge >= 0.3 is 5.97 Å². The second kappa shape index (κ2) is 6.39. The number of carbonyl (C=O) groups excluding carboxylic acids is 3. The van der Waals surface area contributed by atoms with E-state index in [0.29, 0.717) is 24.9 Å². The lowest BCUT2D eigenvalue weighted by molar-refractivity contribution is -0.143. The Kier molecular flexibility index (Phi) is 4.57. The van der Waals surface area contributed by atoms with Gasteiger partial charge in [-0.3, -0.25) is 14.5 Å². The quantitative estimate of drug-likeness (QED) is 0.776. The fourth-order valence-electron chi connectivity index (χ4n) is 2.10. The molecule has 2 amide bonds. The minimum atomic E-state index is -0.569. The molecule has 0 bridgehead atoms. The van der Waals surface area contributed by atoms with E-state index in [1.807, 2.05) is 19.0 Å². The second-order valence-electron chi connectivity index (χ2n) is 5.06. The van der Waals surface area contributed by atoms with E-state index in [-0.39, 0.29) is 5.91 Å². The SMILES string of the molecule is CN(C)c1ccc(C(=O)OCC(=O)N2CCCC2=O)cc1. The smallest absolute Gasteiger partial charge is 0.338 e. The number of hydrogen-bond acceptors (Lipinski definition) is 5.